The third-order valence-electron chi connectivity index (χ3n) is 9.12. The third kappa shape index (κ3) is 4.14. The minimum Gasteiger partial charge on any atom is -0.463 e. The van der Waals surface area contributed by atoms with Gasteiger partial charge in [-0.05, 0) is 56.4 Å². The van der Waals surface area contributed by atoms with Gasteiger partial charge in [-0.25, -0.2) is 8.78 Å². The molecule has 4 aliphatic rings. The summed E-state index contributed by atoms with van der Waals surface area (Å²) in [5.74, 6) is 1.69. The zero-order chi connectivity index (χ0) is 29.4. The van der Waals surface area contributed by atoms with Crippen molar-refractivity contribution < 1.29 is 23.5 Å². The van der Waals surface area contributed by atoms with Crippen LogP contribution in [0.2, 0.25) is 0 Å². The predicted molar refractivity (Wildman–Crippen MR) is 154 cm³/mol. The third-order valence-corrected chi connectivity index (χ3v) is 9.12. The Balaban J connectivity index is 1.48. The summed E-state index contributed by atoms with van der Waals surface area (Å²) in [6, 6.07) is 8.73. The van der Waals surface area contributed by atoms with Crippen molar-refractivity contribution in [2.75, 3.05) is 24.6 Å². The van der Waals surface area contributed by atoms with E-state index in [-0.39, 0.29) is 56.8 Å². The number of nitrogens with zero attached hydrogens (tertiary/aromatic N) is 4. The molecular weight excluding hydrogens is 542 g/mol. The molecule has 1 saturated heterocycles. The zero-order valence-electron chi connectivity index (χ0n) is 23.0. The Morgan fingerprint density at radius 2 is 2.02 bits per heavy atom. The van der Waals surface area contributed by atoms with Gasteiger partial charge in [0.05, 0.1) is 33.6 Å². The average molecular weight is 571 g/mol. The smallest absolute Gasteiger partial charge is 0.319 e. The van der Waals surface area contributed by atoms with Crippen LogP contribution in [-0.2, 0) is 0 Å². The molecule has 214 valence electrons. The van der Waals surface area contributed by atoms with Gasteiger partial charge < -0.3 is 14.7 Å². The molecule has 0 unspecified atom stereocenters. The number of β-amino-alcohol motifs (C(OH)–C–C–N with tert-alkyl or cyclic N) is 1. The first kappa shape index (κ1) is 26.5. The number of halogens is 2. The standard InChI is InChI=1S/C32H28F2N4O4/c1-3-20-23(33)9-8-19-6-4-7-21(25(19)20)26-24(38(40)41)12-22-28(27(26)34)35-30(42-17-32-13-18(14-32)15-32)36-29(22)37-11-5-10-31(2,39)16-37/h1,4,6-9,12,18,39H,5,10-11,13-17H2,2H3/t18?,31-,32?/m1/s1. The van der Waals surface area contributed by atoms with Crippen molar-refractivity contribution in [2.24, 2.45) is 11.3 Å². The second-order valence-electron chi connectivity index (χ2n) is 12.3. The number of terminal acetylenes is 1. The van der Waals surface area contributed by atoms with Crippen LogP contribution in [0.5, 0.6) is 6.01 Å². The van der Waals surface area contributed by atoms with Crippen molar-refractivity contribution in [3.63, 3.8) is 0 Å². The molecule has 1 N–H and O–H groups in total. The Morgan fingerprint density at radius 3 is 2.69 bits per heavy atom. The summed E-state index contributed by atoms with van der Waals surface area (Å²) >= 11 is 0. The Bertz CT molecular complexity index is 1830. The topological polar surface area (TPSA) is 102 Å². The van der Waals surface area contributed by atoms with Gasteiger partial charge in [0.25, 0.3) is 5.69 Å². The van der Waals surface area contributed by atoms with E-state index in [4.69, 9.17) is 11.2 Å². The van der Waals surface area contributed by atoms with E-state index in [0.717, 1.165) is 25.2 Å². The van der Waals surface area contributed by atoms with Gasteiger partial charge in [-0.15, -0.1) is 6.42 Å². The highest BCUT2D eigenvalue weighted by Gasteiger charge is 2.57. The van der Waals surface area contributed by atoms with Crippen molar-refractivity contribution in [1.82, 2.24) is 9.97 Å². The SMILES string of the molecule is C#Cc1c(F)ccc2cccc(-c3c([N+](=O)[O-])cc4c(N5CCC[C@@](C)(O)C5)nc(OCC56CC(C5)C6)nc4c3F)c12. The average Bonchev–Trinajstić information content (AvgIpc) is 2.90. The molecule has 4 aromatic rings. The van der Waals surface area contributed by atoms with Crippen LogP contribution in [-0.4, -0.2) is 45.3 Å². The molecule has 2 heterocycles. The van der Waals surface area contributed by atoms with E-state index in [9.17, 15) is 19.6 Å². The molecule has 0 amide bonds. The molecule has 8 rings (SSSR count). The molecule has 10 heteroatoms. The number of hydrogen-bond donors (Lipinski definition) is 1. The van der Waals surface area contributed by atoms with Gasteiger partial charge >= 0.3 is 6.01 Å². The zero-order valence-corrected chi connectivity index (χ0v) is 23.0. The maximum absolute atomic E-state index is 16.8. The number of piperidine rings is 1. The second kappa shape index (κ2) is 9.33. The van der Waals surface area contributed by atoms with Crippen molar-refractivity contribution in [3.05, 3.63) is 63.7 Å². The lowest BCUT2D eigenvalue weighted by Gasteiger charge is -2.61. The first-order valence-electron chi connectivity index (χ1n) is 14.1. The largest absolute Gasteiger partial charge is 0.463 e. The van der Waals surface area contributed by atoms with Crippen molar-refractivity contribution in [3.8, 4) is 29.5 Å². The molecule has 4 fully saturated rings. The lowest BCUT2D eigenvalue weighted by molar-refractivity contribution is -0.384. The van der Waals surface area contributed by atoms with Gasteiger partial charge in [0.1, 0.15) is 17.2 Å². The highest BCUT2D eigenvalue weighted by molar-refractivity contribution is 6.06. The predicted octanol–water partition coefficient (Wildman–Crippen LogP) is 6.15. The van der Waals surface area contributed by atoms with Crippen LogP contribution in [0, 0.1) is 45.4 Å². The molecule has 1 aliphatic heterocycles. The highest BCUT2D eigenvalue weighted by atomic mass is 19.1. The number of benzene rings is 3. The molecule has 42 heavy (non-hydrogen) atoms. The van der Waals surface area contributed by atoms with Crippen molar-refractivity contribution >= 4 is 33.2 Å². The number of nitro benzene ring substituents is 1. The van der Waals surface area contributed by atoms with E-state index in [0.29, 0.717) is 31.4 Å². The fourth-order valence-electron chi connectivity index (χ4n) is 7.04. The molecule has 2 bridgehead atoms. The Kier molecular flexibility index (Phi) is 5.89. The molecule has 0 spiro atoms. The molecule has 3 aliphatic carbocycles. The van der Waals surface area contributed by atoms with E-state index < -0.39 is 27.8 Å². The number of fused-ring (bicyclic) bond motifs is 2. The normalized spacial score (nSPS) is 24.6. The molecule has 0 radical (unpaired) electrons. The minimum atomic E-state index is -1.02. The van der Waals surface area contributed by atoms with Crippen LogP contribution in [0.15, 0.2) is 36.4 Å². The van der Waals surface area contributed by atoms with Gasteiger partial charge in [0.2, 0.25) is 0 Å². The molecule has 8 nitrogen and oxygen atoms in total. The number of hydrogen-bond acceptors (Lipinski definition) is 7. The quantitative estimate of drug-likeness (QED) is 0.169. The van der Waals surface area contributed by atoms with E-state index in [1.54, 1.807) is 24.0 Å². The first-order valence-corrected chi connectivity index (χ1v) is 14.1. The number of aliphatic hydroxyl groups is 1. The number of rotatable bonds is 6. The second-order valence-corrected chi connectivity index (χ2v) is 12.3. The van der Waals surface area contributed by atoms with E-state index in [1.807, 2.05) is 0 Å². The summed E-state index contributed by atoms with van der Waals surface area (Å²) in [4.78, 5) is 22.7. The van der Waals surface area contributed by atoms with Crippen LogP contribution in [0.3, 0.4) is 0 Å². The minimum absolute atomic E-state index is 0.0283. The molecule has 3 aromatic carbocycles. The highest BCUT2D eigenvalue weighted by Crippen LogP contribution is 2.64. The van der Waals surface area contributed by atoms with Gasteiger partial charge in [-0.1, -0.05) is 30.2 Å². The van der Waals surface area contributed by atoms with E-state index >= 15 is 4.39 Å². The van der Waals surface area contributed by atoms with Crippen molar-refractivity contribution in [1.29, 1.82) is 0 Å². The van der Waals surface area contributed by atoms with E-state index in [1.165, 1.54) is 24.3 Å². The number of anilines is 1. The summed E-state index contributed by atoms with van der Waals surface area (Å²) in [5.41, 5.74) is -1.98. The van der Waals surface area contributed by atoms with Crippen molar-refractivity contribution in [2.45, 2.75) is 44.6 Å². The summed E-state index contributed by atoms with van der Waals surface area (Å²) in [6.45, 7) is 2.84. The Morgan fingerprint density at radius 1 is 1.24 bits per heavy atom. The molecular formula is C32H28F2N4O4. The van der Waals surface area contributed by atoms with E-state index in [2.05, 4.69) is 15.9 Å². The van der Waals surface area contributed by atoms with Crippen LogP contribution >= 0.6 is 0 Å². The lowest BCUT2D eigenvalue weighted by Crippen LogP contribution is -2.55. The maximum Gasteiger partial charge on any atom is 0.319 e. The van der Waals surface area contributed by atoms with Gasteiger partial charge in [-0.3, -0.25) is 10.1 Å². The van der Waals surface area contributed by atoms with Crippen LogP contribution in [0.25, 0.3) is 32.8 Å². The van der Waals surface area contributed by atoms with Gasteiger partial charge in [-0.2, -0.15) is 9.97 Å². The molecule has 3 saturated carbocycles. The summed E-state index contributed by atoms with van der Waals surface area (Å²) < 4.78 is 37.7. The maximum atomic E-state index is 16.8. The summed E-state index contributed by atoms with van der Waals surface area (Å²) in [5, 5.41) is 24.1. The lowest BCUT2D eigenvalue weighted by atomic mass is 9.45. The van der Waals surface area contributed by atoms with Gasteiger partial charge in [0.15, 0.2) is 5.82 Å². The number of ether oxygens (including phenoxy) is 1. The number of aromatic nitrogens is 2. The Hall–Kier alpha value is -4.36. The fraction of sp³-hybridized carbons (Fsp3) is 0.375. The molecule has 1 atom stereocenters. The van der Waals surface area contributed by atoms with Gasteiger partial charge in [0, 0.05) is 35.5 Å². The molecule has 1 aromatic heterocycles. The van der Waals surface area contributed by atoms with Crippen LogP contribution < -0.4 is 9.64 Å². The van der Waals surface area contributed by atoms with Crippen LogP contribution in [0.1, 0.15) is 44.6 Å². The summed E-state index contributed by atoms with van der Waals surface area (Å²) in [6.07, 6.45) is 10.1. The fourth-order valence-corrected chi connectivity index (χ4v) is 7.04. The number of nitro groups is 1. The monoisotopic (exact) mass is 570 g/mol. The Labute approximate surface area is 240 Å². The summed E-state index contributed by atoms with van der Waals surface area (Å²) in [7, 11) is 0. The van der Waals surface area contributed by atoms with Crippen LogP contribution in [0.4, 0.5) is 20.3 Å². The first-order chi connectivity index (χ1) is 20.1.